The maximum Gasteiger partial charge on any atom is 0.124 e. The molecule has 0 unspecified atom stereocenters. The molecular weight excluding hydrogens is 237 g/mol. The maximum absolute atomic E-state index is 13.3. The van der Waals surface area contributed by atoms with E-state index < -0.39 is 0 Å². The van der Waals surface area contributed by atoms with E-state index in [4.69, 9.17) is 5.73 Å². The summed E-state index contributed by atoms with van der Waals surface area (Å²) in [5.41, 5.74) is 9.42. The van der Waals surface area contributed by atoms with Gasteiger partial charge in [-0.05, 0) is 41.8 Å². The normalized spacial score (nSPS) is 9.82. The van der Waals surface area contributed by atoms with Crippen LogP contribution in [0.3, 0.4) is 0 Å². The van der Waals surface area contributed by atoms with Crippen LogP contribution < -0.4 is 5.73 Å². The molecular formula is C14H15ClFN. The van der Waals surface area contributed by atoms with E-state index in [1.165, 1.54) is 17.7 Å². The molecule has 2 N–H and O–H groups in total. The second-order valence-electron chi connectivity index (χ2n) is 3.92. The van der Waals surface area contributed by atoms with Crippen molar-refractivity contribution in [3.63, 3.8) is 0 Å². The van der Waals surface area contributed by atoms with Gasteiger partial charge in [0, 0.05) is 6.54 Å². The average molecular weight is 252 g/mol. The molecule has 0 saturated heterocycles. The first-order valence-electron chi connectivity index (χ1n) is 5.25. The Morgan fingerprint density at radius 3 is 2.24 bits per heavy atom. The maximum atomic E-state index is 13.3. The first-order valence-corrected chi connectivity index (χ1v) is 5.25. The van der Waals surface area contributed by atoms with Crippen LogP contribution in [-0.2, 0) is 6.54 Å². The molecule has 0 saturated carbocycles. The smallest absolute Gasteiger partial charge is 0.124 e. The molecule has 0 spiro atoms. The van der Waals surface area contributed by atoms with Gasteiger partial charge in [0.15, 0.2) is 0 Å². The van der Waals surface area contributed by atoms with Crippen LogP contribution in [0.2, 0.25) is 0 Å². The van der Waals surface area contributed by atoms with Crippen LogP contribution in [0.15, 0.2) is 42.5 Å². The first kappa shape index (κ1) is 13.7. The van der Waals surface area contributed by atoms with Crippen LogP contribution in [0, 0.1) is 12.7 Å². The van der Waals surface area contributed by atoms with Crippen LogP contribution >= 0.6 is 12.4 Å². The predicted octanol–water partition coefficient (Wildman–Crippen LogP) is 3.68. The van der Waals surface area contributed by atoms with Crippen LogP contribution in [0.4, 0.5) is 4.39 Å². The summed E-state index contributed by atoms with van der Waals surface area (Å²) in [5, 5.41) is 0. The molecule has 0 aliphatic carbocycles. The van der Waals surface area contributed by atoms with Gasteiger partial charge >= 0.3 is 0 Å². The van der Waals surface area contributed by atoms with Crippen molar-refractivity contribution in [1.82, 2.24) is 0 Å². The quantitative estimate of drug-likeness (QED) is 0.866. The van der Waals surface area contributed by atoms with Gasteiger partial charge in [-0.1, -0.05) is 29.8 Å². The third-order valence-corrected chi connectivity index (χ3v) is 2.58. The standard InChI is InChI=1S/C14H14FN.ClH/c1-10-2-4-12(5-3-10)13-6-11(9-16)7-14(15)8-13;/h2-8H,9,16H2,1H3;1H. The lowest BCUT2D eigenvalue weighted by Crippen LogP contribution is -1.97. The number of hydrogen-bond donors (Lipinski definition) is 1. The highest BCUT2D eigenvalue weighted by Gasteiger charge is 2.02. The Labute approximate surface area is 107 Å². The lowest BCUT2D eigenvalue weighted by molar-refractivity contribution is 0.626. The second-order valence-corrected chi connectivity index (χ2v) is 3.92. The fourth-order valence-corrected chi connectivity index (χ4v) is 1.68. The summed E-state index contributed by atoms with van der Waals surface area (Å²) in [7, 11) is 0. The molecule has 3 heteroatoms. The van der Waals surface area contributed by atoms with Crippen molar-refractivity contribution in [2.24, 2.45) is 5.73 Å². The Bertz CT molecular complexity index is 494. The van der Waals surface area contributed by atoms with E-state index in [-0.39, 0.29) is 18.2 Å². The highest BCUT2D eigenvalue weighted by Crippen LogP contribution is 2.22. The van der Waals surface area contributed by atoms with Crippen molar-refractivity contribution in [3.8, 4) is 11.1 Å². The minimum Gasteiger partial charge on any atom is -0.326 e. The summed E-state index contributed by atoms with van der Waals surface area (Å²) in [6.07, 6.45) is 0. The Hall–Kier alpha value is -1.38. The number of rotatable bonds is 2. The third-order valence-electron chi connectivity index (χ3n) is 2.58. The molecule has 17 heavy (non-hydrogen) atoms. The van der Waals surface area contributed by atoms with Gasteiger partial charge in [-0.25, -0.2) is 4.39 Å². The van der Waals surface area contributed by atoms with Crippen molar-refractivity contribution in [3.05, 3.63) is 59.4 Å². The summed E-state index contributed by atoms with van der Waals surface area (Å²) >= 11 is 0. The zero-order valence-electron chi connectivity index (χ0n) is 9.61. The molecule has 0 fully saturated rings. The van der Waals surface area contributed by atoms with E-state index in [1.54, 1.807) is 0 Å². The van der Waals surface area contributed by atoms with Crippen LogP contribution in [-0.4, -0.2) is 0 Å². The van der Waals surface area contributed by atoms with Crippen molar-refractivity contribution in [1.29, 1.82) is 0 Å². The predicted molar refractivity (Wildman–Crippen MR) is 71.7 cm³/mol. The number of aryl methyl sites for hydroxylation is 1. The topological polar surface area (TPSA) is 26.0 Å². The number of nitrogens with two attached hydrogens (primary N) is 1. The minimum absolute atomic E-state index is 0. The molecule has 2 rings (SSSR count). The molecule has 0 heterocycles. The molecule has 0 amide bonds. The number of hydrogen-bond acceptors (Lipinski definition) is 1. The van der Waals surface area contributed by atoms with Gasteiger partial charge in [-0.2, -0.15) is 0 Å². The van der Waals surface area contributed by atoms with Gasteiger partial charge in [0.05, 0.1) is 0 Å². The fraction of sp³-hybridized carbons (Fsp3) is 0.143. The molecule has 2 aromatic rings. The highest BCUT2D eigenvalue weighted by atomic mass is 35.5. The van der Waals surface area contributed by atoms with Crippen LogP contribution in [0.1, 0.15) is 11.1 Å². The van der Waals surface area contributed by atoms with Gasteiger partial charge in [-0.3, -0.25) is 0 Å². The summed E-state index contributed by atoms with van der Waals surface area (Å²) in [6, 6.07) is 12.9. The largest absolute Gasteiger partial charge is 0.326 e. The fourth-order valence-electron chi connectivity index (χ4n) is 1.68. The van der Waals surface area contributed by atoms with Crippen molar-refractivity contribution in [2.75, 3.05) is 0 Å². The zero-order chi connectivity index (χ0) is 11.5. The lowest BCUT2D eigenvalue weighted by Gasteiger charge is -2.05. The summed E-state index contributed by atoms with van der Waals surface area (Å²) in [4.78, 5) is 0. The minimum atomic E-state index is -0.237. The van der Waals surface area contributed by atoms with Crippen LogP contribution in [0.5, 0.6) is 0 Å². The Morgan fingerprint density at radius 1 is 1.00 bits per heavy atom. The van der Waals surface area contributed by atoms with E-state index in [0.29, 0.717) is 6.54 Å². The molecule has 0 bridgehead atoms. The number of halogens is 2. The van der Waals surface area contributed by atoms with Gasteiger partial charge in [0.2, 0.25) is 0 Å². The van der Waals surface area contributed by atoms with E-state index in [0.717, 1.165) is 16.7 Å². The molecule has 0 atom stereocenters. The molecule has 1 nitrogen and oxygen atoms in total. The molecule has 90 valence electrons. The van der Waals surface area contributed by atoms with Crippen molar-refractivity contribution >= 4 is 12.4 Å². The monoisotopic (exact) mass is 251 g/mol. The van der Waals surface area contributed by atoms with Crippen molar-refractivity contribution < 1.29 is 4.39 Å². The molecule has 0 aliphatic rings. The first-order chi connectivity index (χ1) is 7.69. The SMILES string of the molecule is Cc1ccc(-c2cc(F)cc(CN)c2)cc1.Cl. The van der Waals surface area contributed by atoms with E-state index >= 15 is 0 Å². The van der Waals surface area contributed by atoms with Gasteiger partial charge < -0.3 is 5.73 Å². The highest BCUT2D eigenvalue weighted by molar-refractivity contribution is 5.85. The Balaban J connectivity index is 0.00000144. The van der Waals surface area contributed by atoms with Gasteiger partial charge in [-0.15, -0.1) is 12.4 Å². The summed E-state index contributed by atoms with van der Waals surface area (Å²) in [5.74, 6) is -0.237. The number of benzene rings is 2. The summed E-state index contributed by atoms with van der Waals surface area (Å²) in [6.45, 7) is 2.39. The van der Waals surface area contributed by atoms with E-state index in [1.807, 2.05) is 37.3 Å². The second kappa shape index (κ2) is 5.80. The van der Waals surface area contributed by atoms with Crippen LogP contribution in [0.25, 0.3) is 11.1 Å². The zero-order valence-corrected chi connectivity index (χ0v) is 10.4. The third kappa shape index (κ3) is 3.29. The molecule has 2 aromatic carbocycles. The summed E-state index contributed by atoms with van der Waals surface area (Å²) < 4.78 is 13.3. The lowest BCUT2D eigenvalue weighted by atomic mass is 10.0. The average Bonchev–Trinajstić information content (AvgIpc) is 2.29. The van der Waals surface area contributed by atoms with Gasteiger partial charge in [0.25, 0.3) is 0 Å². The van der Waals surface area contributed by atoms with Crippen molar-refractivity contribution in [2.45, 2.75) is 13.5 Å². The van der Waals surface area contributed by atoms with Gasteiger partial charge in [0.1, 0.15) is 5.82 Å². The Kier molecular flexibility index (Phi) is 4.67. The Morgan fingerprint density at radius 2 is 1.65 bits per heavy atom. The molecule has 0 radical (unpaired) electrons. The molecule has 0 aromatic heterocycles. The van der Waals surface area contributed by atoms with E-state index in [2.05, 4.69) is 0 Å². The van der Waals surface area contributed by atoms with E-state index in [9.17, 15) is 4.39 Å². The molecule has 0 aliphatic heterocycles.